The molecule has 0 spiro atoms. The summed E-state index contributed by atoms with van der Waals surface area (Å²) < 4.78 is 0. The number of hydrogen-bond donors (Lipinski definition) is 2. The van der Waals surface area contributed by atoms with E-state index in [0.717, 1.165) is 11.3 Å². The Labute approximate surface area is 126 Å². The van der Waals surface area contributed by atoms with Crippen LogP contribution in [-0.2, 0) is 4.79 Å². The van der Waals surface area contributed by atoms with Gasteiger partial charge in [-0.2, -0.15) is 0 Å². The van der Waals surface area contributed by atoms with E-state index in [2.05, 4.69) is 12.2 Å². The molecule has 0 aromatic heterocycles. The molecule has 1 unspecified atom stereocenters. The first-order valence-corrected chi connectivity index (χ1v) is 7.24. The highest BCUT2D eigenvalue weighted by molar-refractivity contribution is 5.90. The molecule has 3 heteroatoms. The van der Waals surface area contributed by atoms with Crippen LogP contribution < -0.4 is 11.1 Å². The normalized spacial score (nSPS) is 12.0. The van der Waals surface area contributed by atoms with Crippen LogP contribution in [0.5, 0.6) is 0 Å². The quantitative estimate of drug-likeness (QED) is 0.878. The van der Waals surface area contributed by atoms with Gasteiger partial charge in [0, 0.05) is 18.2 Å². The summed E-state index contributed by atoms with van der Waals surface area (Å²) in [6.45, 7) is 4.09. The fourth-order valence-electron chi connectivity index (χ4n) is 2.20. The Hall–Kier alpha value is -2.13. The van der Waals surface area contributed by atoms with Crippen LogP contribution in [0.1, 0.15) is 35.6 Å². The van der Waals surface area contributed by atoms with E-state index in [9.17, 15) is 4.79 Å². The van der Waals surface area contributed by atoms with Crippen molar-refractivity contribution in [3.05, 3.63) is 65.2 Å². The van der Waals surface area contributed by atoms with Gasteiger partial charge in [-0.25, -0.2) is 0 Å². The van der Waals surface area contributed by atoms with Crippen LogP contribution in [0.25, 0.3) is 0 Å². The topological polar surface area (TPSA) is 55.1 Å². The molecule has 0 bridgehead atoms. The van der Waals surface area contributed by atoms with Gasteiger partial charge in [-0.3, -0.25) is 4.79 Å². The smallest absolute Gasteiger partial charge is 0.224 e. The molecule has 0 fully saturated rings. The van der Waals surface area contributed by atoms with Crippen molar-refractivity contribution in [2.24, 2.45) is 5.73 Å². The van der Waals surface area contributed by atoms with Crippen molar-refractivity contribution >= 4 is 11.6 Å². The first-order valence-electron chi connectivity index (χ1n) is 7.24. The molecule has 0 radical (unpaired) electrons. The zero-order valence-corrected chi connectivity index (χ0v) is 12.6. The van der Waals surface area contributed by atoms with Gasteiger partial charge in [-0.15, -0.1) is 0 Å². The third kappa shape index (κ3) is 4.43. The van der Waals surface area contributed by atoms with Gasteiger partial charge in [-0.05, 0) is 49.1 Å². The van der Waals surface area contributed by atoms with Gasteiger partial charge in [0.2, 0.25) is 5.91 Å². The number of hydrogen-bond acceptors (Lipinski definition) is 2. The third-order valence-electron chi connectivity index (χ3n) is 3.70. The molecule has 2 rings (SSSR count). The van der Waals surface area contributed by atoms with Crippen LogP contribution in [0.3, 0.4) is 0 Å². The average Bonchev–Trinajstić information content (AvgIpc) is 2.49. The Morgan fingerprint density at radius 2 is 1.81 bits per heavy atom. The first-order chi connectivity index (χ1) is 10.1. The van der Waals surface area contributed by atoms with Crippen molar-refractivity contribution in [1.82, 2.24) is 0 Å². The third-order valence-corrected chi connectivity index (χ3v) is 3.70. The van der Waals surface area contributed by atoms with Crippen molar-refractivity contribution < 1.29 is 4.79 Å². The molecule has 21 heavy (non-hydrogen) atoms. The monoisotopic (exact) mass is 282 g/mol. The maximum atomic E-state index is 12.0. The van der Waals surface area contributed by atoms with E-state index in [1.807, 2.05) is 55.5 Å². The number of carbonyl (C=O) groups is 1. The van der Waals surface area contributed by atoms with E-state index >= 15 is 0 Å². The molecule has 0 saturated heterocycles. The molecule has 0 saturated carbocycles. The number of nitrogens with two attached hydrogens (primary N) is 1. The van der Waals surface area contributed by atoms with E-state index in [1.165, 1.54) is 11.1 Å². The molecular formula is C18H22N2O. The summed E-state index contributed by atoms with van der Waals surface area (Å²) in [5.41, 5.74) is 10.4. The van der Waals surface area contributed by atoms with Gasteiger partial charge in [0.05, 0.1) is 0 Å². The second kappa shape index (κ2) is 7.04. The molecule has 2 aromatic carbocycles. The van der Waals surface area contributed by atoms with Crippen molar-refractivity contribution in [2.45, 2.75) is 32.7 Å². The van der Waals surface area contributed by atoms with Crippen molar-refractivity contribution in [3.8, 4) is 0 Å². The minimum absolute atomic E-state index is 0.00429. The highest BCUT2D eigenvalue weighted by Gasteiger charge is 2.09. The summed E-state index contributed by atoms with van der Waals surface area (Å²) in [6, 6.07) is 15.7. The maximum Gasteiger partial charge on any atom is 0.224 e. The molecule has 2 aromatic rings. The van der Waals surface area contributed by atoms with Crippen LogP contribution >= 0.6 is 0 Å². The van der Waals surface area contributed by atoms with Crippen molar-refractivity contribution in [2.75, 3.05) is 5.32 Å². The van der Waals surface area contributed by atoms with Gasteiger partial charge in [0.1, 0.15) is 0 Å². The van der Waals surface area contributed by atoms with Crippen LogP contribution in [-0.4, -0.2) is 5.91 Å². The average molecular weight is 282 g/mol. The summed E-state index contributed by atoms with van der Waals surface area (Å²) in [5, 5.41) is 2.92. The van der Waals surface area contributed by atoms with Crippen LogP contribution in [0.2, 0.25) is 0 Å². The summed E-state index contributed by atoms with van der Waals surface area (Å²) in [4.78, 5) is 12.0. The molecule has 0 aliphatic carbocycles. The summed E-state index contributed by atoms with van der Waals surface area (Å²) >= 11 is 0. The van der Waals surface area contributed by atoms with Crippen LogP contribution in [0.4, 0.5) is 5.69 Å². The van der Waals surface area contributed by atoms with Gasteiger partial charge < -0.3 is 11.1 Å². The zero-order valence-electron chi connectivity index (χ0n) is 12.6. The zero-order chi connectivity index (χ0) is 15.2. The highest BCUT2D eigenvalue weighted by atomic mass is 16.1. The minimum atomic E-state index is -0.100. The summed E-state index contributed by atoms with van der Waals surface area (Å²) in [5.74, 6) is 0.00429. The highest BCUT2D eigenvalue weighted by Crippen LogP contribution is 2.17. The number of amides is 1. The minimum Gasteiger partial charge on any atom is -0.326 e. The number of carbonyl (C=O) groups excluding carboxylic acids is 1. The van der Waals surface area contributed by atoms with Crippen LogP contribution in [0, 0.1) is 13.8 Å². The number of aryl methyl sites for hydroxylation is 2. The molecule has 3 nitrogen and oxygen atoms in total. The van der Waals surface area contributed by atoms with Gasteiger partial charge in [-0.1, -0.05) is 36.4 Å². The van der Waals surface area contributed by atoms with E-state index in [-0.39, 0.29) is 11.9 Å². The lowest BCUT2D eigenvalue weighted by molar-refractivity contribution is -0.116. The Kier molecular flexibility index (Phi) is 5.12. The standard InChI is InChI=1S/C18H22N2O/c1-13-8-9-16(12-14(13)2)20-18(21)11-10-17(19)15-6-4-3-5-7-15/h3-9,12,17H,10-11,19H2,1-2H3,(H,20,21). The fourth-order valence-corrected chi connectivity index (χ4v) is 2.20. The van der Waals surface area contributed by atoms with E-state index in [0.29, 0.717) is 12.8 Å². The lowest BCUT2D eigenvalue weighted by Gasteiger charge is -2.12. The van der Waals surface area contributed by atoms with Crippen molar-refractivity contribution in [3.63, 3.8) is 0 Å². The van der Waals surface area contributed by atoms with Gasteiger partial charge in [0.15, 0.2) is 0 Å². The fraction of sp³-hybridized carbons (Fsp3) is 0.278. The SMILES string of the molecule is Cc1ccc(NC(=O)CCC(N)c2ccccc2)cc1C. The molecule has 1 amide bonds. The Morgan fingerprint density at radius 1 is 1.10 bits per heavy atom. The molecule has 1 atom stereocenters. The second-order valence-corrected chi connectivity index (χ2v) is 5.40. The summed E-state index contributed by atoms with van der Waals surface area (Å²) in [6.07, 6.45) is 1.06. The van der Waals surface area contributed by atoms with E-state index in [4.69, 9.17) is 5.73 Å². The molecule has 0 aliphatic rings. The molecule has 110 valence electrons. The number of nitrogens with one attached hydrogen (secondary N) is 1. The van der Waals surface area contributed by atoms with Gasteiger partial charge in [0.25, 0.3) is 0 Å². The summed E-state index contributed by atoms with van der Waals surface area (Å²) in [7, 11) is 0. The number of anilines is 1. The molecule has 0 heterocycles. The Morgan fingerprint density at radius 3 is 2.48 bits per heavy atom. The lowest BCUT2D eigenvalue weighted by Crippen LogP contribution is -2.16. The molecule has 0 aliphatic heterocycles. The lowest BCUT2D eigenvalue weighted by atomic mass is 10.0. The molecule has 3 N–H and O–H groups in total. The Bertz CT molecular complexity index is 608. The number of benzene rings is 2. The van der Waals surface area contributed by atoms with Gasteiger partial charge >= 0.3 is 0 Å². The van der Waals surface area contributed by atoms with Crippen LogP contribution in [0.15, 0.2) is 48.5 Å². The molecular weight excluding hydrogens is 260 g/mol. The Balaban J connectivity index is 1.86. The predicted molar refractivity (Wildman–Crippen MR) is 87.2 cm³/mol. The first kappa shape index (κ1) is 15.3. The second-order valence-electron chi connectivity index (χ2n) is 5.40. The predicted octanol–water partition coefficient (Wildman–Crippen LogP) is 3.72. The number of rotatable bonds is 5. The van der Waals surface area contributed by atoms with Crippen molar-refractivity contribution in [1.29, 1.82) is 0 Å². The maximum absolute atomic E-state index is 12.0. The van der Waals surface area contributed by atoms with E-state index in [1.54, 1.807) is 0 Å². The largest absolute Gasteiger partial charge is 0.326 e. The van der Waals surface area contributed by atoms with E-state index < -0.39 is 0 Å².